The van der Waals surface area contributed by atoms with E-state index < -0.39 is 0 Å². The number of hydrogen-bond acceptors (Lipinski definition) is 4. The Hall–Kier alpha value is -3.08. The van der Waals surface area contributed by atoms with Gasteiger partial charge in [-0.2, -0.15) is 5.10 Å². The fourth-order valence-electron chi connectivity index (χ4n) is 3.97. The molecule has 2 aromatic carbocycles. The number of amides is 1. The van der Waals surface area contributed by atoms with Gasteiger partial charge in [0.05, 0.1) is 11.8 Å². The molecular formula is C25H32N4O. The molecule has 0 radical (unpaired) electrons. The molecule has 0 aromatic heterocycles. The number of carbonyl (C=O) groups is 1. The lowest BCUT2D eigenvalue weighted by molar-refractivity contribution is 0.0955. The second-order valence-corrected chi connectivity index (χ2v) is 8.55. The molecule has 0 atom stereocenters. The van der Waals surface area contributed by atoms with Crippen molar-refractivity contribution < 1.29 is 4.79 Å². The van der Waals surface area contributed by atoms with Crippen LogP contribution in [0.2, 0.25) is 0 Å². The number of hydrazone groups is 1. The molecule has 5 heteroatoms. The maximum Gasteiger partial charge on any atom is 0.271 e. The Kier molecular flexibility index (Phi) is 6.30. The van der Waals surface area contributed by atoms with E-state index in [4.69, 9.17) is 0 Å². The Morgan fingerprint density at radius 3 is 2.67 bits per heavy atom. The summed E-state index contributed by atoms with van der Waals surface area (Å²) >= 11 is 0. The standard InChI is InChI=1S/C25H32N4O/c1-7-13-29-23-12-11-19(14-22(23)18(2)16-25(29,3)4)17-26-27-24(30)20-9-8-10-21(15-20)28(5)6/h8-12,14-17H,7,13H2,1-6H3,(H,27,30)/b26-17-. The van der Waals surface area contributed by atoms with E-state index >= 15 is 0 Å². The van der Waals surface area contributed by atoms with E-state index in [1.54, 1.807) is 12.3 Å². The van der Waals surface area contributed by atoms with E-state index in [2.05, 4.69) is 67.4 Å². The molecule has 1 amide bonds. The highest BCUT2D eigenvalue weighted by Crippen LogP contribution is 2.39. The highest BCUT2D eigenvalue weighted by atomic mass is 16.2. The van der Waals surface area contributed by atoms with Crippen molar-refractivity contribution in [1.29, 1.82) is 0 Å². The van der Waals surface area contributed by atoms with E-state index in [-0.39, 0.29) is 11.4 Å². The zero-order valence-electron chi connectivity index (χ0n) is 18.9. The number of rotatable bonds is 6. The molecule has 0 bridgehead atoms. The van der Waals surface area contributed by atoms with Gasteiger partial charge in [0.2, 0.25) is 0 Å². The van der Waals surface area contributed by atoms with Crippen LogP contribution in [0, 0.1) is 0 Å². The molecule has 5 nitrogen and oxygen atoms in total. The van der Waals surface area contributed by atoms with Gasteiger partial charge in [0, 0.05) is 43.1 Å². The van der Waals surface area contributed by atoms with Gasteiger partial charge >= 0.3 is 0 Å². The maximum absolute atomic E-state index is 12.4. The number of carbonyl (C=O) groups excluding carboxylic acids is 1. The number of allylic oxidation sites excluding steroid dienone is 1. The third kappa shape index (κ3) is 4.56. The van der Waals surface area contributed by atoms with Crippen LogP contribution in [0.3, 0.4) is 0 Å². The highest BCUT2D eigenvalue weighted by molar-refractivity contribution is 5.96. The number of nitrogens with one attached hydrogen (secondary N) is 1. The SMILES string of the molecule is CCCN1c2ccc(/C=N\NC(=O)c3cccc(N(C)C)c3)cc2C(C)=CC1(C)C. The summed E-state index contributed by atoms with van der Waals surface area (Å²) in [4.78, 5) is 16.8. The summed E-state index contributed by atoms with van der Waals surface area (Å²) < 4.78 is 0. The minimum atomic E-state index is -0.222. The van der Waals surface area contributed by atoms with Crippen LogP contribution in [-0.2, 0) is 0 Å². The van der Waals surface area contributed by atoms with Crippen LogP contribution in [0.4, 0.5) is 11.4 Å². The molecule has 1 aliphatic heterocycles. The zero-order chi connectivity index (χ0) is 21.9. The van der Waals surface area contributed by atoms with Gasteiger partial charge in [0.25, 0.3) is 5.91 Å². The van der Waals surface area contributed by atoms with E-state index in [1.165, 1.54) is 16.8 Å². The van der Waals surface area contributed by atoms with E-state index in [0.717, 1.165) is 24.2 Å². The molecule has 0 unspecified atom stereocenters. The third-order valence-electron chi connectivity index (χ3n) is 5.45. The molecule has 3 rings (SSSR count). The van der Waals surface area contributed by atoms with Crippen molar-refractivity contribution in [3.8, 4) is 0 Å². The molecule has 0 saturated heterocycles. The van der Waals surface area contributed by atoms with Crippen LogP contribution in [0.15, 0.2) is 53.6 Å². The van der Waals surface area contributed by atoms with Gasteiger partial charge in [0.15, 0.2) is 0 Å². The molecule has 0 aliphatic carbocycles. The Labute approximate surface area is 180 Å². The molecule has 0 spiro atoms. The molecule has 30 heavy (non-hydrogen) atoms. The summed E-state index contributed by atoms with van der Waals surface area (Å²) in [5.74, 6) is -0.222. The molecule has 1 heterocycles. The normalized spacial score (nSPS) is 15.0. The summed E-state index contributed by atoms with van der Waals surface area (Å²) in [5.41, 5.74) is 8.89. The van der Waals surface area contributed by atoms with Crippen LogP contribution >= 0.6 is 0 Å². The van der Waals surface area contributed by atoms with Crippen molar-refractivity contribution in [2.24, 2.45) is 5.10 Å². The summed E-state index contributed by atoms with van der Waals surface area (Å²) in [6, 6.07) is 13.8. The predicted molar refractivity (Wildman–Crippen MR) is 128 cm³/mol. The van der Waals surface area contributed by atoms with Crippen LogP contribution in [0.5, 0.6) is 0 Å². The second-order valence-electron chi connectivity index (χ2n) is 8.55. The third-order valence-corrected chi connectivity index (χ3v) is 5.45. The number of benzene rings is 2. The Morgan fingerprint density at radius 2 is 1.97 bits per heavy atom. The summed E-state index contributed by atoms with van der Waals surface area (Å²) in [5, 5.41) is 4.18. The quantitative estimate of drug-likeness (QED) is 0.549. The molecule has 0 saturated carbocycles. The van der Waals surface area contributed by atoms with Crippen molar-refractivity contribution >= 4 is 29.1 Å². The van der Waals surface area contributed by atoms with Crippen molar-refractivity contribution in [3.05, 3.63) is 65.2 Å². The molecule has 0 fully saturated rings. The number of anilines is 2. The number of hydrogen-bond donors (Lipinski definition) is 1. The fourth-order valence-corrected chi connectivity index (χ4v) is 3.97. The lowest BCUT2D eigenvalue weighted by Crippen LogP contribution is -2.45. The first-order valence-electron chi connectivity index (χ1n) is 10.4. The Morgan fingerprint density at radius 1 is 1.20 bits per heavy atom. The van der Waals surface area contributed by atoms with Crippen LogP contribution in [-0.4, -0.2) is 38.3 Å². The van der Waals surface area contributed by atoms with Crippen molar-refractivity contribution in [3.63, 3.8) is 0 Å². The summed E-state index contributed by atoms with van der Waals surface area (Å²) in [7, 11) is 3.90. The van der Waals surface area contributed by atoms with Gasteiger partial charge in [-0.05, 0) is 68.7 Å². The van der Waals surface area contributed by atoms with E-state index in [9.17, 15) is 4.79 Å². The van der Waals surface area contributed by atoms with Crippen molar-refractivity contribution in [2.45, 2.75) is 39.7 Å². The Balaban J connectivity index is 1.77. The van der Waals surface area contributed by atoms with Crippen LogP contribution in [0.1, 0.15) is 55.6 Å². The smallest absolute Gasteiger partial charge is 0.271 e. The largest absolute Gasteiger partial charge is 0.378 e. The first-order chi connectivity index (χ1) is 14.2. The van der Waals surface area contributed by atoms with Crippen LogP contribution in [0.25, 0.3) is 5.57 Å². The zero-order valence-corrected chi connectivity index (χ0v) is 18.9. The molecule has 158 valence electrons. The second kappa shape index (κ2) is 8.74. The topological polar surface area (TPSA) is 47.9 Å². The molecule has 1 N–H and O–H groups in total. The fraction of sp³-hybridized carbons (Fsp3) is 0.360. The lowest BCUT2D eigenvalue weighted by Gasteiger charge is -2.43. The van der Waals surface area contributed by atoms with Gasteiger partial charge in [-0.15, -0.1) is 0 Å². The van der Waals surface area contributed by atoms with E-state index in [0.29, 0.717) is 5.56 Å². The maximum atomic E-state index is 12.4. The van der Waals surface area contributed by atoms with Gasteiger partial charge in [-0.3, -0.25) is 4.79 Å². The molecule has 1 aliphatic rings. The van der Waals surface area contributed by atoms with Gasteiger partial charge in [0.1, 0.15) is 0 Å². The average Bonchev–Trinajstić information content (AvgIpc) is 2.71. The van der Waals surface area contributed by atoms with Gasteiger partial charge in [-0.1, -0.05) is 25.1 Å². The first kappa shape index (κ1) is 21.6. The molecule has 2 aromatic rings. The summed E-state index contributed by atoms with van der Waals surface area (Å²) in [6.07, 6.45) is 5.12. The summed E-state index contributed by atoms with van der Waals surface area (Å²) in [6.45, 7) is 9.89. The van der Waals surface area contributed by atoms with E-state index in [1.807, 2.05) is 37.2 Å². The predicted octanol–water partition coefficient (Wildman–Crippen LogP) is 4.93. The monoisotopic (exact) mass is 404 g/mol. The first-order valence-corrected chi connectivity index (χ1v) is 10.4. The lowest BCUT2D eigenvalue weighted by atomic mass is 9.88. The van der Waals surface area contributed by atoms with Crippen LogP contribution < -0.4 is 15.2 Å². The number of nitrogens with zero attached hydrogens (tertiary/aromatic N) is 3. The number of fused-ring (bicyclic) bond motifs is 1. The van der Waals surface area contributed by atoms with Crippen molar-refractivity contribution in [2.75, 3.05) is 30.4 Å². The highest BCUT2D eigenvalue weighted by Gasteiger charge is 2.30. The van der Waals surface area contributed by atoms with Gasteiger partial charge in [-0.25, -0.2) is 5.43 Å². The minimum absolute atomic E-state index is 0.00221. The Bertz CT molecular complexity index is 988. The van der Waals surface area contributed by atoms with Crippen molar-refractivity contribution in [1.82, 2.24) is 5.43 Å². The molecular weight excluding hydrogens is 372 g/mol. The van der Waals surface area contributed by atoms with Gasteiger partial charge < -0.3 is 9.80 Å². The average molecular weight is 405 g/mol. The minimum Gasteiger partial charge on any atom is -0.378 e.